The van der Waals surface area contributed by atoms with Gasteiger partial charge < -0.3 is 24.9 Å². The Labute approximate surface area is 334 Å². The van der Waals surface area contributed by atoms with Gasteiger partial charge in [-0.05, 0) is 49.9 Å². The van der Waals surface area contributed by atoms with Crippen LogP contribution in [0.3, 0.4) is 0 Å². The lowest BCUT2D eigenvalue weighted by molar-refractivity contribution is -0.139. The molecular weight excluding hydrogens is 784 g/mol. The summed E-state index contributed by atoms with van der Waals surface area (Å²) in [4.78, 5) is 24.4. The maximum absolute atomic E-state index is 14.2. The van der Waals surface area contributed by atoms with Gasteiger partial charge in [0.05, 0.1) is 41.8 Å². The van der Waals surface area contributed by atoms with E-state index in [0.29, 0.717) is 99.6 Å². The van der Waals surface area contributed by atoms with Crippen molar-refractivity contribution in [3.8, 4) is 11.3 Å². The first-order valence-electron chi connectivity index (χ1n) is 19.4. The Morgan fingerprint density at radius 3 is 2.37 bits per heavy atom. The normalized spacial score (nSPS) is 19.0. The summed E-state index contributed by atoms with van der Waals surface area (Å²) in [6.45, 7) is 3.98. The van der Waals surface area contributed by atoms with E-state index in [4.69, 9.17) is 10.1 Å². The van der Waals surface area contributed by atoms with E-state index in [1.165, 1.54) is 16.4 Å². The van der Waals surface area contributed by atoms with Crippen molar-refractivity contribution in [1.29, 1.82) is 0 Å². The van der Waals surface area contributed by atoms with Crippen LogP contribution in [0.1, 0.15) is 48.5 Å². The second-order valence-corrected chi connectivity index (χ2v) is 18.9. The zero-order valence-electron chi connectivity index (χ0n) is 32.8. The summed E-state index contributed by atoms with van der Waals surface area (Å²) in [5.41, 5.74) is 2.79. The maximum Gasteiger partial charge on any atom is 0.417 e. The third-order valence-corrected chi connectivity index (χ3v) is 13.8. The average molecular weight is 836 g/mol. The van der Waals surface area contributed by atoms with Crippen LogP contribution in [0.2, 0.25) is 0 Å². The first-order valence-corrected chi connectivity index (χ1v) is 22.3. The molecule has 1 atom stereocenters. The highest BCUT2D eigenvalue weighted by atomic mass is 32.2. The molecule has 2 saturated heterocycles. The van der Waals surface area contributed by atoms with E-state index >= 15 is 0 Å². The molecule has 2 fully saturated rings. The van der Waals surface area contributed by atoms with E-state index in [1.807, 2.05) is 31.1 Å². The van der Waals surface area contributed by atoms with Gasteiger partial charge in [0.15, 0.2) is 5.65 Å². The molecule has 312 valence electrons. The van der Waals surface area contributed by atoms with Gasteiger partial charge in [-0.15, -0.1) is 11.8 Å². The van der Waals surface area contributed by atoms with Crippen LogP contribution in [-0.4, -0.2) is 141 Å². The number of hydrogen-bond acceptors (Lipinski definition) is 11. The van der Waals surface area contributed by atoms with E-state index < -0.39 is 27.9 Å². The van der Waals surface area contributed by atoms with Gasteiger partial charge in [0.1, 0.15) is 5.82 Å². The van der Waals surface area contributed by atoms with Crippen LogP contribution in [-0.2, 0) is 42.8 Å². The van der Waals surface area contributed by atoms with Crippen molar-refractivity contribution >= 4 is 38.8 Å². The zero-order chi connectivity index (χ0) is 40.8. The van der Waals surface area contributed by atoms with Crippen molar-refractivity contribution in [3.63, 3.8) is 0 Å². The fourth-order valence-electron chi connectivity index (χ4n) is 8.30. The molecular formula is C38H52F3N9O5S2. The summed E-state index contributed by atoms with van der Waals surface area (Å²) in [5, 5.41) is 26.1. The van der Waals surface area contributed by atoms with Gasteiger partial charge in [0.2, 0.25) is 10.0 Å². The van der Waals surface area contributed by atoms with Gasteiger partial charge in [-0.3, -0.25) is 13.8 Å². The van der Waals surface area contributed by atoms with Crippen LogP contribution < -0.4 is 10.6 Å². The molecule has 19 heteroatoms. The predicted molar refractivity (Wildman–Crippen MR) is 214 cm³/mol. The molecule has 2 N–H and O–H groups in total. The number of pyridine rings is 1. The molecule has 3 aromatic heterocycles. The minimum atomic E-state index is -4.57. The molecule has 0 saturated carbocycles. The number of aromatic nitrogens is 5. The second-order valence-electron chi connectivity index (χ2n) is 15.7. The first kappa shape index (κ1) is 41.7. The van der Waals surface area contributed by atoms with Crippen LogP contribution in [0, 0.1) is 0 Å². The summed E-state index contributed by atoms with van der Waals surface area (Å²) in [5.74, 6) is 1.19. The summed E-state index contributed by atoms with van der Waals surface area (Å²) in [7, 11) is 2.00. The number of β-amino-alcohol motifs (C(OH)–C–C–N with tert-alkyl or cyclic N) is 1. The second kappa shape index (κ2) is 16.7. The summed E-state index contributed by atoms with van der Waals surface area (Å²) in [6, 6.07) is 7.72. The Morgan fingerprint density at radius 2 is 1.70 bits per heavy atom. The summed E-state index contributed by atoms with van der Waals surface area (Å²) >= 11 is 1.12. The monoisotopic (exact) mass is 835 g/mol. The average Bonchev–Trinajstić information content (AvgIpc) is 3.64. The van der Waals surface area contributed by atoms with Crippen molar-refractivity contribution in [1.82, 2.24) is 38.0 Å². The number of hydrogen-bond donors (Lipinski definition) is 2. The molecule has 7 rings (SSSR count). The van der Waals surface area contributed by atoms with E-state index in [0.717, 1.165) is 41.1 Å². The molecule has 6 heterocycles. The molecule has 4 aromatic rings. The summed E-state index contributed by atoms with van der Waals surface area (Å²) in [6.07, 6.45) is -1.61. The van der Waals surface area contributed by atoms with Crippen LogP contribution in [0.25, 0.3) is 22.4 Å². The third-order valence-electron chi connectivity index (χ3n) is 11.5. The highest BCUT2D eigenvalue weighted by Crippen LogP contribution is 2.40. The Kier molecular flexibility index (Phi) is 12.2. The number of thioether (sulfide) groups is 1. The Morgan fingerprint density at radius 1 is 1.00 bits per heavy atom. The van der Waals surface area contributed by atoms with Gasteiger partial charge in [0, 0.05) is 113 Å². The minimum Gasteiger partial charge on any atom is -0.393 e. The van der Waals surface area contributed by atoms with Crippen molar-refractivity contribution in [2.45, 2.75) is 74.5 Å². The lowest BCUT2D eigenvalue weighted by atomic mass is 10.0. The third kappa shape index (κ3) is 9.08. The fourth-order valence-corrected chi connectivity index (χ4v) is 10.2. The van der Waals surface area contributed by atoms with Crippen molar-refractivity contribution in [2.75, 3.05) is 76.8 Å². The van der Waals surface area contributed by atoms with Crippen LogP contribution >= 0.6 is 11.8 Å². The minimum absolute atomic E-state index is 0.0237. The number of sulfonamides is 1. The maximum atomic E-state index is 14.2. The molecule has 3 aliphatic heterocycles. The predicted octanol–water partition coefficient (Wildman–Crippen LogP) is 3.25. The van der Waals surface area contributed by atoms with Crippen LogP contribution in [0.5, 0.6) is 0 Å². The number of aliphatic hydroxyl groups is 2. The number of anilines is 1. The summed E-state index contributed by atoms with van der Waals surface area (Å²) < 4.78 is 74.5. The van der Waals surface area contributed by atoms with E-state index in [1.54, 1.807) is 20.9 Å². The first-order chi connectivity index (χ1) is 27.0. The van der Waals surface area contributed by atoms with Crippen molar-refractivity contribution < 1.29 is 31.8 Å². The van der Waals surface area contributed by atoms with E-state index in [2.05, 4.69) is 9.80 Å². The molecule has 0 aliphatic carbocycles. The topological polar surface area (TPSA) is 145 Å². The number of piperidine rings is 2. The molecule has 0 spiro atoms. The van der Waals surface area contributed by atoms with Gasteiger partial charge in [-0.25, -0.2) is 18.2 Å². The Bertz CT molecular complexity index is 2240. The number of aryl methyl sites for hydroxylation is 1. The standard InChI is InChI=1S/C38H52F3N9O5S2/c1-44(2)34-8-7-32-36(42-34)50(37(53)45(32)3)26-9-14-47(15-10-26)22-28(52)23-49-31-13-18-48(57(4,54)55)24-29(31)35(43-49)25-5-6-30(38(39,40)41)33(21-25)56-20-19-46-16-11-27(51)12-17-46/h5-8,21,26-28,51-52H,9-20,22-24H2,1-4H3. The van der Waals surface area contributed by atoms with Gasteiger partial charge in [-0.1, -0.05) is 6.07 Å². The largest absolute Gasteiger partial charge is 0.417 e. The molecule has 57 heavy (non-hydrogen) atoms. The number of halogens is 3. The molecule has 0 radical (unpaired) electrons. The number of nitrogens with zero attached hydrogens (tertiary/aromatic N) is 9. The van der Waals surface area contributed by atoms with Crippen LogP contribution in [0.4, 0.5) is 19.0 Å². The highest BCUT2D eigenvalue weighted by molar-refractivity contribution is 7.99. The van der Waals surface area contributed by atoms with E-state index in [-0.39, 0.29) is 42.4 Å². The van der Waals surface area contributed by atoms with Gasteiger partial charge in [0.25, 0.3) is 0 Å². The van der Waals surface area contributed by atoms with Crippen LogP contribution in [0.15, 0.2) is 40.0 Å². The number of aliphatic hydroxyl groups excluding tert-OH is 2. The zero-order valence-corrected chi connectivity index (χ0v) is 34.5. The van der Waals surface area contributed by atoms with Crippen molar-refractivity contribution in [2.24, 2.45) is 7.05 Å². The fraction of sp³-hybridized carbons (Fsp3) is 0.605. The number of fused-ring (bicyclic) bond motifs is 2. The Balaban J connectivity index is 1.08. The van der Waals surface area contributed by atoms with Crippen molar-refractivity contribution in [3.05, 3.63) is 57.6 Å². The number of likely N-dealkylation sites (tertiary alicyclic amines) is 2. The highest BCUT2D eigenvalue weighted by Gasteiger charge is 2.36. The van der Waals surface area contributed by atoms with Gasteiger partial charge >= 0.3 is 11.9 Å². The quantitative estimate of drug-likeness (QED) is 0.203. The molecule has 1 unspecified atom stereocenters. The number of alkyl halides is 3. The Hall–Kier alpha value is -3.46. The molecule has 0 amide bonds. The number of rotatable bonds is 12. The molecule has 1 aromatic carbocycles. The molecule has 3 aliphatic rings. The van der Waals surface area contributed by atoms with Gasteiger partial charge in [-0.2, -0.15) is 22.6 Å². The molecule has 0 bridgehead atoms. The lowest BCUT2D eigenvalue weighted by Crippen LogP contribution is -2.42. The SMILES string of the molecule is CN(C)c1ccc2c(n1)n(C1CCN(CC(O)Cn3nc(-c4ccc(C(F)(F)F)c(SCCN5CCC(O)CC5)c4)c4c3CCN(S(C)(=O)=O)C4)CC1)c(=O)n2C. The number of benzene rings is 1. The van der Waals surface area contributed by atoms with E-state index in [9.17, 15) is 36.6 Å². The smallest absolute Gasteiger partial charge is 0.393 e. The molecule has 14 nitrogen and oxygen atoms in total. The number of imidazole rings is 1. The lowest BCUT2D eigenvalue weighted by Gasteiger charge is -2.33.